The number of para-hydroxylation sites is 1. The van der Waals surface area contributed by atoms with E-state index in [1.165, 1.54) is 36.7 Å². The van der Waals surface area contributed by atoms with Crippen molar-refractivity contribution in [1.82, 2.24) is 19.6 Å². The second kappa shape index (κ2) is 13.4. The molecule has 0 aliphatic carbocycles. The average Bonchev–Trinajstić information content (AvgIpc) is 3.09. The minimum atomic E-state index is -4.15. The fourth-order valence-electron chi connectivity index (χ4n) is 5.38. The maximum Gasteiger partial charge on any atom is 0.290 e. The van der Waals surface area contributed by atoms with Gasteiger partial charge in [0, 0.05) is 73.7 Å². The summed E-state index contributed by atoms with van der Waals surface area (Å²) in [6.45, 7) is 2.04. The van der Waals surface area contributed by atoms with E-state index < -0.39 is 26.9 Å². The molecule has 13 heteroatoms. The number of nitrogens with zero attached hydrogens (tertiary/aromatic N) is 4. The number of benzene rings is 3. The number of hydrogen-bond donors (Lipinski definition) is 1. The van der Waals surface area contributed by atoms with Crippen LogP contribution in [0.4, 0.5) is 5.69 Å². The number of rotatable bonds is 10. The van der Waals surface area contributed by atoms with Crippen molar-refractivity contribution in [2.24, 2.45) is 0 Å². The van der Waals surface area contributed by atoms with Crippen LogP contribution in [0.15, 0.2) is 126 Å². The predicted octanol–water partition coefficient (Wildman–Crippen LogP) is 4.07. The van der Waals surface area contributed by atoms with Gasteiger partial charge in [-0.05, 0) is 48.0 Å². The van der Waals surface area contributed by atoms with Crippen molar-refractivity contribution in [3.8, 4) is 5.75 Å². The van der Waals surface area contributed by atoms with E-state index in [0.717, 1.165) is 5.69 Å². The Labute approximate surface area is 269 Å². The van der Waals surface area contributed by atoms with Crippen LogP contribution in [0.3, 0.4) is 0 Å². The molecule has 1 aliphatic heterocycles. The minimum absolute atomic E-state index is 0.0244. The summed E-state index contributed by atoms with van der Waals surface area (Å²) >= 11 is 0. The molecule has 1 aliphatic rings. The van der Waals surface area contributed by atoms with Crippen molar-refractivity contribution in [2.45, 2.75) is 22.4 Å². The first-order valence-corrected chi connectivity index (χ1v) is 17.5. The summed E-state index contributed by atoms with van der Waals surface area (Å²) in [7, 11) is -8.30. The molecule has 1 fully saturated rings. The van der Waals surface area contributed by atoms with Gasteiger partial charge in [-0.1, -0.05) is 56.9 Å². The van der Waals surface area contributed by atoms with E-state index in [0.29, 0.717) is 42.5 Å². The Balaban J connectivity index is 1.23. The van der Waals surface area contributed by atoms with E-state index in [1.807, 2.05) is 30.3 Å². The molecular formula is C33H31N5O6S2. The van der Waals surface area contributed by atoms with Crippen LogP contribution in [0.5, 0.6) is 5.75 Å². The lowest BCUT2D eigenvalue weighted by Gasteiger charge is -2.37. The van der Waals surface area contributed by atoms with E-state index in [-0.39, 0.29) is 28.0 Å². The molecule has 0 radical (unpaired) electrons. The van der Waals surface area contributed by atoms with Crippen molar-refractivity contribution < 1.29 is 26.5 Å². The summed E-state index contributed by atoms with van der Waals surface area (Å²) in [5.74, 6) is -0.296. The van der Waals surface area contributed by atoms with Gasteiger partial charge in [0.25, 0.3) is 15.5 Å². The first-order valence-electron chi connectivity index (χ1n) is 14.6. The lowest BCUT2D eigenvalue weighted by molar-refractivity contribution is -0.133. The normalized spacial score (nSPS) is 16.7. The van der Waals surface area contributed by atoms with Crippen molar-refractivity contribution in [3.05, 3.63) is 121 Å². The highest BCUT2D eigenvalue weighted by Crippen LogP contribution is 2.27. The molecule has 3 aromatic carbocycles. The molecule has 1 amide bonds. The largest absolute Gasteiger partial charge is 0.593 e. The number of hydrogen-bond acceptors (Lipinski definition) is 9. The standard InChI is InChI=1S/C33H31N5O6S2/c39-33(38-21-19-37(20-22-38)27-8-2-1-3-9-27)30(36-45(40,41)31-10-6-7-26-24-34-18-16-29(26)31)23-25-12-14-28(15-13-25)44-46(42,43)32-11-4-5-17-35-32/h1-18,24,30H,19-23H2,(H-2,36,40,41,42,43)/t30-/m0/s1. The number of amides is 1. The van der Waals surface area contributed by atoms with Crippen LogP contribution >= 0.6 is 0 Å². The molecule has 6 rings (SSSR count). The van der Waals surface area contributed by atoms with Gasteiger partial charge in [0.15, 0.2) is 21.0 Å². The lowest BCUT2D eigenvalue weighted by atomic mass is 10.0. The molecule has 1 saturated heterocycles. The molecule has 3 atom stereocenters. The highest BCUT2D eigenvalue weighted by Gasteiger charge is 2.35. The zero-order chi connectivity index (χ0) is 32.1. The molecule has 2 unspecified atom stereocenters. The van der Waals surface area contributed by atoms with Gasteiger partial charge >= 0.3 is 0 Å². The number of anilines is 1. The number of pyridine rings is 2. The van der Waals surface area contributed by atoms with Gasteiger partial charge in [-0.15, -0.1) is 4.72 Å². The number of aromatic nitrogens is 2. The van der Waals surface area contributed by atoms with E-state index in [1.54, 1.807) is 53.6 Å². The predicted molar refractivity (Wildman–Crippen MR) is 173 cm³/mol. The van der Waals surface area contributed by atoms with Gasteiger partial charge in [0.2, 0.25) is 5.91 Å². The van der Waals surface area contributed by atoms with Gasteiger partial charge in [-0.3, -0.25) is 14.0 Å². The van der Waals surface area contributed by atoms with Crippen LogP contribution in [0, 0.1) is 0 Å². The molecular weight excluding hydrogens is 627 g/mol. The summed E-state index contributed by atoms with van der Waals surface area (Å²) in [6, 6.07) is 25.9. The van der Waals surface area contributed by atoms with Crippen LogP contribution in [0.1, 0.15) is 5.56 Å². The number of piperazine rings is 1. The second-order valence-electron chi connectivity index (χ2n) is 10.7. The van der Waals surface area contributed by atoms with E-state index in [4.69, 9.17) is 4.18 Å². The van der Waals surface area contributed by atoms with Gasteiger partial charge in [0.05, 0.1) is 0 Å². The fraction of sp³-hybridized carbons (Fsp3) is 0.182. The van der Waals surface area contributed by atoms with E-state index in [9.17, 15) is 22.3 Å². The van der Waals surface area contributed by atoms with Crippen molar-refractivity contribution in [1.29, 1.82) is 0 Å². The minimum Gasteiger partial charge on any atom is -0.593 e. The quantitative estimate of drug-likeness (QED) is 0.219. The van der Waals surface area contributed by atoms with Gasteiger partial charge in [-0.2, -0.15) is 0 Å². The number of carbonyl (C=O) groups excluding carboxylic acids is 1. The molecule has 0 spiro atoms. The van der Waals surface area contributed by atoms with Crippen molar-refractivity contribution >= 4 is 43.3 Å². The van der Waals surface area contributed by atoms with Crippen molar-refractivity contribution in [2.75, 3.05) is 31.1 Å². The number of nitrogens with one attached hydrogen (secondary N) is 1. The van der Waals surface area contributed by atoms with Crippen LogP contribution < -0.4 is 13.8 Å². The Morgan fingerprint density at radius 2 is 1.59 bits per heavy atom. The van der Waals surface area contributed by atoms with Crippen LogP contribution in [0.2, 0.25) is 0 Å². The maximum absolute atomic E-state index is 14.0. The highest BCUT2D eigenvalue weighted by molar-refractivity contribution is 7.96. The maximum atomic E-state index is 14.0. The molecule has 0 saturated carbocycles. The third-order valence-corrected chi connectivity index (χ3v) is 10.4. The summed E-state index contributed by atoms with van der Waals surface area (Å²) in [5.41, 5.74) is 1.67. The Morgan fingerprint density at radius 1 is 0.848 bits per heavy atom. The van der Waals surface area contributed by atoms with Crippen LogP contribution in [-0.2, 0) is 40.5 Å². The summed E-state index contributed by atoms with van der Waals surface area (Å²) in [5, 5.41) is 0.917. The van der Waals surface area contributed by atoms with E-state index >= 15 is 0 Å². The fourth-order valence-corrected chi connectivity index (χ4v) is 7.69. The topological polar surface area (TPSA) is 151 Å². The Kier molecular flexibility index (Phi) is 9.20. The molecule has 3 heterocycles. The first-order chi connectivity index (χ1) is 22.2. The number of fused-ring (bicyclic) bond motifs is 1. The zero-order valence-corrected chi connectivity index (χ0v) is 26.3. The van der Waals surface area contributed by atoms with Crippen LogP contribution in [-0.4, -0.2) is 62.1 Å². The third-order valence-electron chi connectivity index (χ3n) is 7.70. The summed E-state index contributed by atoms with van der Waals surface area (Å²) in [6.07, 6.45) is 4.49. The molecule has 0 bridgehead atoms. The molecule has 11 nitrogen and oxygen atoms in total. The summed E-state index contributed by atoms with van der Waals surface area (Å²) in [4.78, 5) is 25.8. The van der Waals surface area contributed by atoms with Gasteiger partial charge in [0.1, 0.15) is 6.04 Å². The van der Waals surface area contributed by atoms with Crippen LogP contribution in [0.25, 0.3) is 10.8 Å². The van der Waals surface area contributed by atoms with Gasteiger partial charge in [-0.25, -0.2) is 4.98 Å². The number of carbonyl (C=O) groups is 1. The monoisotopic (exact) mass is 657 g/mol. The summed E-state index contributed by atoms with van der Waals surface area (Å²) < 4.78 is 60.7. The van der Waals surface area contributed by atoms with Crippen molar-refractivity contribution in [3.63, 3.8) is 0 Å². The molecule has 1 N–H and O–H groups in total. The molecule has 236 valence electrons. The third kappa shape index (κ3) is 7.14. The lowest BCUT2D eigenvalue weighted by Crippen LogP contribution is -2.56. The zero-order valence-electron chi connectivity index (χ0n) is 24.6. The van der Waals surface area contributed by atoms with Gasteiger partial charge < -0.3 is 18.9 Å². The Bertz CT molecular complexity index is 1900. The Morgan fingerprint density at radius 3 is 2.30 bits per heavy atom. The second-order valence-corrected chi connectivity index (χ2v) is 13.9. The molecule has 46 heavy (non-hydrogen) atoms. The molecule has 2 aromatic heterocycles. The van der Waals surface area contributed by atoms with E-state index in [2.05, 4.69) is 19.6 Å². The Hall–Kier alpha value is -4.53. The first kappa shape index (κ1) is 31.5. The SMILES string of the molecule is O=C([C@H](Cc1ccc(O[S+](=O)([O-])c2ccccn2)cc1)N[S+](=O)([O-])c1cccc2cnccc12)N1CCN(c2ccccc2)CC1. The average molecular weight is 658 g/mol. The highest BCUT2D eigenvalue weighted by atomic mass is 32.3. The smallest absolute Gasteiger partial charge is 0.290 e. The number of sulfonamides is 1. The molecule has 5 aromatic rings.